The molecular weight excluding hydrogens is 377 g/mol. The van der Waals surface area contributed by atoms with Crippen LogP contribution in [0, 0.1) is 6.92 Å². The number of amides is 2. The van der Waals surface area contributed by atoms with E-state index in [9.17, 15) is 27.9 Å². The van der Waals surface area contributed by atoms with Crippen LogP contribution in [0.5, 0.6) is 0 Å². The van der Waals surface area contributed by atoms with Gasteiger partial charge in [-0.3, -0.25) is 0 Å². The lowest BCUT2D eigenvalue weighted by atomic mass is 9.91. The van der Waals surface area contributed by atoms with Gasteiger partial charge in [-0.05, 0) is 37.6 Å². The van der Waals surface area contributed by atoms with E-state index >= 15 is 0 Å². The summed E-state index contributed by atoms with van der Waals surface area (Å²) in [7, 11) is 0. The number of esters is 1. The summed E-state index contributed by atoms with van der Waals surface area (Å²) in [5.41, 5.74) is -3.55. The zero-order valence-corrected chi connectivity index (χ0v) is 15.1. The van der Waals surface area contributed by atoms with E-state index in [1.807, 2.05) is 0 Å². The second-order valence-corrected chi connectivity index (χ2v) is 5.90. The van der Waals surface area contributed by atoms with Crippen LogP contribution < -0.4 is 10.6 Å². The molecule has 0 aliphatic rings. The molecule has 2 aromatic carbocycles. The Morgan fingerprint density at radius 3 is 2.25 bits per heavy atom. The van der Waals surface area contributed by atoms with Gasteiger partial charge in [0.2, 0.25) is 0 Å². The van der Waals surface area contributed by atoms with Crippen molar-refractivity contribution in [2.45, 2.75) is 25.6 Å². The molecule has 0 spiro atoms. The smallest absolute Gasteiger partial charge is 0.432 e. The lowest BCUT2D eigenvalue weighted by Crippen LogP contribution is -2.50. The molecule has 1 atom stereocenters. The van der Waals surface area contributed by atoms with Gasteiger partial charge in [-0.15, -0.1) is 0 Å². The van der Waals surface area contributed by atoms with Gasteiger partial charge in [0.05, 0.1) is 6.61 Å². The van der Waals surface area contributed by atoms with E-state index in [1.165, 1.54) is 19.9 Å². The molecule has 0 bridgehead atoms. The molecule has 0 unspecified atom stereocenters. The predicted octanol–water partition coefficient (Wildman–Crippen LogP) is 3.95. The molecule has 0 aromatic heterocycles. The molecule has 0 fully saturated rings. The highest BCUT2D eigenvalue weighted by Gasteiger charge is 2.62. The maximum atomic E-state index is 13.4. The molecule has 0 aliphatic heterocycles. The first-order valence-electron chi connectivity index (χ1n) is 8.30. The Morgan fingerprint density at radius 1 is 1.07 bits per heavy atom. The van der Waals surface area contributed by atoms with E-state index in [1.54, 1.807) is 30.3 Å². The van der Waals surface area contributed by atoms with E-state index in [4.69, 9.17) is 0 Å². The SMILES string of the molecule is CCOC(=O)[C@@](O)(c1ccc(NC(=O)Nc2ccccc2)c(C)c1)C(F)(F)F. The topological polar surface area (TPSA) is 87.7 Å². The number of carbonyl (C=O) groups is 2. The van der Waals surface area contributed by atoms with E-state index in [0.717, 1.165) is 12.1 Å². The number of urea groups is 1. The molecule has 2 rings (SSSR count). The average Bonchev–Trinajstić information content (AvgIpc) is 2.62. The number of halogens is 3. The third-order valence-corrected chi connectivity index (χ3v) is 3.91. The van der Waals surface area contributed by atoms with Gasteiger partial charge in [0.25, 0.3) is 5.60 Å². The monoisotopic (exact) mass is 396 g/mol. The van der Waals surface area contributed by atoms with Crippen LogP contribution in [0.1, 0.15) is 18.1 Å². The molecule has 150 valence electrons. The van der Waals surface area contributed by atoms with E-state index in [-0.39, 0.29) is 17.9 Å². The molecule has 0 aliphatic carbocycles. The van der Waals surface area contributed by atoms with E-state index in [0.29, 0.717) is 5.69 Å². The van der Waals surface area contributed by atoms with Gasteiger partial charge in [-0.2, -0.15) is 13.2 Å². The minimum Gasteiger partial charge on any atom is -0.463 e. The minimum absolute atomic E-state index is 0.213. The third kappa shape index (κ3) is 4.42. The molecule has 0 heterocycles. The number of hydrogen-bond acceptors (Lipinski definition) is 4. The Bertz CT molecular complexity index is 856. The number of ether oxygens (including phenoxy) is 1. The fraction of sp³-hybridized carbons (Fsp3) is 0.263. The van der Waals surface area contributed by atoms with Crippen LogP contribution in [-0.4, -0.2) is 29.9 Å². The summed E-state index contributed by atoms with van der Waals surface area (Å²) >= 11 is 0. The number of rotatable bonds is 5. The average molecular weight is 396 g/mol. The highest BCUT2D eigenvalue weighted by Crippen LogP contribution is 2.41. The second kappa shape index (κ2) is 8.30. The number of aryl methyl sites for hydroxylation is 1. The van der Waals surface area contributed by atoms with Crippen molar-refractivity contribution in [3.8, 4) is 0 Å². The highest BCUT2D eigenvalue weighted by molar-refractivity contribution is 6.00. The Morgan fingerprint density at radius 2 is 1.71 bits per heavy atom. The number of benzene rings is 2. The Balaban J connectivity index is 2.26. The molecule has 9 heteroatoms. The molecule has 0 radical (unpaired) electrons. The summed E-state index contributed by atoms with van der Waals surface area (Å²) in [6.07, 6.45) is -5.29. The van der Waals surface area contributed by atoms with Gasteiger partial charge in [0.15, 0.2) is 0 Å². The van der Waals surface area contributed by atoms with E-state index < -0.39 is 29.3 Å². The fourth-order valence-electron chi connectivity index (χ4n) is 2.47. The largest absolute Gasteiger partial charge is 0.463 e. The van der Waals surface area contributed by atoms with Crippen molar-refractivity contribution < 1.29 is 32.6 Å². The van der Waals surface area contributed by atoms with Gasteiger partial charge in [-0.25, -0.2) is 9.59 Å². The number of alkyl halides is 3. The predicted molar refractivity (Wildman–Crippen MR) is 96.8 cm³/mol. The van der Waals surface area contributed by atoms with Crippen molar-refractivity contribution in [2.75, 3.05) is 17.2 Å². The van der Waals surface area contributed by atoms with Gasteiger partial charge in [-0.1, -0.05) is 30.3 Å². The number of nitrogens with one attached hydrogen (secondary N) is 2. The quantitative estimate of drug-likeness (QED) is 0.668. The fourth-order valence-corrected chi connectivity index (χ4v) is 2.47. The van der Waals surface area contributed by atoms with Crippen molar-refractivity contribution in [3.63, 3.8) is 0 Å². The number of anilines is 2. The van der Waals surface area contributed by atoms with Crippen LogP contribution in [0.2, 0.25) is 0 Å². The van der Waals surface area contributed by atoms with Crippen LogP contribution in [-0.2, 0) is 15.1 Å². The van der Waals surface area contributed by atoms with Crippen LogP contribution >= 0.6 is 0 Å². The summed E-state index contributed by atoms with van der Waals surface area (Å²) in [5, 5.41) is 15.2. The van der Waals surface area contributed by atoms with Crippen molar-refractivity contribution in [1.29, 1.82) is 0 Å². The highest BCUT2D eigenvalue weighted by atomic mass is 19.4. The van der Waals surface area contributed by atoms with Crippen molar-refractivity contribution in [2.24, 2.45) is 0 Å². The molecule has 6 nitrogen and oxygen atoms in total. The van der Waals surface area contributed by atoms with Gasteiger partial charge in [0.1, 0.15) is 0 Å². The Labute approximate surface area is 159 Å². The Kier molecular flexibility index (Phi) is 6.30. The number of hydrogen-bond donors (Lipinski definition) is 3. The summed E-state index contributed by atoms with van der Waals surface area (Å²) in [6, 6.07) is 11.0. The van der Waals surface area contributed by atoms with Crippen LogP contribution in [0.15, 0.2) is 48.5 Å². The number of carbonyl (C=O) groups excluding carboxylic acids is 2. The first kappa shape index (κ1) is 21.2. The maximum Gasteiger partial charge on any atom is 0.432 e. The molecule has 28 heavy (non-hydrogen) atoms. The summed E-state index contributed by atoms with van der Waals surface area (Å²) < 4.78 is 44.7. The standard InChI is InChI=1S/C19H19F3N2O4/c1-3-28-16(25)18(27,19(20,21)22)13-9-10-15(12(2)11-13)24-17(26)23-14-7-5-4-6-8-14/h4-11,27H,3H2,1-2H3,(H2,23,24,26)/t18-/m0/s1. The van der Waals surface area contributed by atoms with Gasteiger partial charge in [0, 0.05) is 16.9 Å². The second-order valence-electron chi connectivity index (χ2n) is 5.90. The van der Waals surface area contributed by atoms with Crippen LogP contribution in [0.4, 0.5) is 29.3 Å². The van der Waals surface area contributed by atoms with E-state index in [2.05, 4.69) is 15.4 Å². The van der Waals surface area contributed by atoms with Crippen LogP contribution in [0.3, 0.4) is 0 Å². The number of para-hydroxylation sites is 1. The number of aliphatic hydroxyl groups is 1. The van der Waals surface area contributed by atoms with Crippen molar-refractivity contribution in [3.05, 3.63) is 59.7 Å². The molecule has 0 saturated carbocycles. The molecular formula is C19H19F3N2O4. The lowest BCUT2D eigenvalue weighted by molar-refractivity contribution is -0.267. The summed E-state index contributed by atoms with van der Waals surface area (Å²) in [6.45, 7) is 2.44. The summed E-state index contributed by atoms with van der Waals surface area (Å²) in [4.78, 5) is 23.9. The first-order chi connectivity index (χ1) is 13.1. The van der Waals surface area contributed by atoms with Gasteiger partial charge < -0.3 is 20.5 Å². The zero-order chi connectivity index (χ0) is 20.9. The maximum absolute atomic E-state index is 13.4. The molecule has 2 aromatic rings. The van der Waals surface area contributed by atoms with Crippen LogP contribution in [0.25, 0.3) is 0 Å². The van der Waals surface area contributed by atoms with Crippen molar-refractivity contribution >= 4 is 23.4 Å². The lowest BCUT2D eigenvalue weighted by Gasteiger charge is -2.29. The molecule has 3 N–H and O–H groups in total. The molecule has 0 saturated heterocycles. The summed E-state index contributed by atoms with van der Waals surface area (Å²) in [5.74, 6) is -1.82. The van der Waals surface area contributed by atoms with Crippen molar-refractivity contribution in [1.82, 2.24) is 0 Å². The zero-order valence-electron chi connectivity index (χ0n) is 15.1. The van der Waals surface area contributed by atoms with Gasteiger partial charge >= 0.3 is 18.2 Å². The normalized spacial score (nSPS) is 13.4. The third-order valence-electron chi connectivity index (χ3n) is 3.91. The molecule has 2 amide bonds. The Hall–Kier alpha value is -3.07. The first-order valence-corrected chi connectivity index (χ1v) is 8.30. The minimum atomic E-state index is -5.29.